The van der Waals surface area contributed by atoms with Gasteiger partial charge in [-0.15, -0.1) is 0 Å². The molecule has 16 heavy (non-hydrogen) atoms. The maximum absolute atomic E-state index is 11.2. The maximum atomic E-state index is 11.2. The SMILES string of the molecule is CC(C)COSc1ccc2c(c1)CC(=O)N2. The summed E-state index contributed by atoms with van der Waals surface area (Å²) in [6.07, 6.45) is 0.480. The highest BCUT2D eigenvalue weighted by Crippen LogP contribution is 2.29. The molecule has 0 bridgehead atoms. The van der Waals surface area contributed by atoms with Crippen molar-refractivity contribution in [2.45, 2.75) is 25.2 Å². The molecule has 0 saturated carbocycles. The van der Waals surface area contributed by atoms with Gasteiger partial charge in [-0.25, -0.2) is 0 Å². The lowest BCUT2D eigenvalue weighted by Gasteiger charge is -2.06. The van der Waals surface area contributed by atoms with Gasteiger partial charge in [0.1, 0.15) is 0 Å². The van der Waals surface area contributed by atoms with Crippen LogP contribution >= 0.6 is 12.0 Å². The molecule has 3 nitrogen and oxygen atoms in total. The monoisotopic (exact) mass is 237 g/mol. The van der Waals surface area contributed by atoms with Crippen molar-refractivity contribution >= 4 is 23.6 Å². The van der Waals surface area contributed by atoms with Gasteiger partial charge in [-0.05, 0) is 29.7 Å². The zero-order valence-electron chi connectivity index (χ0n) is 9.45. The van der Waals surface area contributed by atoms with E-state index in [-0.39, 0.29) is 5.91 Å². The van der Waals surface area contributed by atoms with Crippen molar-refractivity contribution in [3.63, 3.8) is 0 Å². The smallest absolute Gasteiger partial charge is 0.228 e. The number of hydrogen-bond donors (Lipinski definition) is 1. The molecule has 1 amide bonds. The summed E-state index contributed by atoms with van der Waals surface area (Å²) in [4.78, 5) is 12.2. The van der Waals surface area contributed by atoms with Gasteiger partial charge in [-0.2, -0.15) is 0 Å². The number of fused-ring (bicyclic) bond motifs is 1. The summed E-state index contributed by atoms with van der Waals surface area (Å²) >= 11 is 1.38. The molecule has 1 heterocycles. The number of benzene rings is 1. The van der Waals surface area contributed by atoms with Crippen LogP contribution in [-0.2, 0) is 15.4 Å². The average Bonchev–Trinajstić information content (AvgIpc) is 2.56. The van der Waals surface area contributed by atoms with Crippen molar-refractivity contribution in [2.75, 3.05) is 11.9 Å². The number of carbonyl (C=O) groups excluding carboxylic acids is 1. The zero-order chi connectivity index (χ0) is 11.5. The van der Waals surface area contributed by atoms with Crippen LogP contribution in [0.5, 0.6) is 0 Å². The molecular weight excluding hydrogens is 222 g/mol. The standard InChI is InChI=1S/C12H15NO2S/c1-8(2)7-15-16-10-3-4-11-9(5-10)6-12(14)13-11/h3-5,8H,6-7H2,1-2H3,(H,13,14). The van der Waals surface area contributed by atoms with Crippen molar-refractivity contribution < 1.29 is 8.98 Å². The van der Waals surface area contributed by atoms with Crippen molar-refractivity contribution in [3.05, 3.63) is 23.8 Å². The summed E-state index contributed by atoms with van der Waals surface area (Å²) in [7, 11) is 0. The van der Waals surface area contributed by atoms with E-state index in [9.17, 15) is 4.79 Å². The van der Waals surface area contributed by atoms with E-state index in [1.54, 1.807) is 0 Å². The molecule has 86 valence electrons. The highest BCUT2D eigenvalue weighted by Gasteiger charge is 2.17. The van der Waals surface area contributed by atoms with Crippen LogP contribution in [0.2, 0.25) is 0 Å². The number of rotatable bonds is 4. The molecule has 0 aromatic heterocycles. The van der Waals surface area contributed by atoms with Crippen molar-refractivity contribution in [1.29, 1.82) is 0 Å². The van der Waals surface area contributed by atoms with Gasteiger partial charge in [-0.3, -0.25) is 4.79 Å². The summed E-state index contributed by atoms with van der Waals surface area (Å²) < 4.78 is 5.48. The van der Waals surface area contributed by atoms with Crippen LogP contribution in [0.25, 0.3) is 0 Å². The van der Waals surface area contributed by atoms with E-state index in [1.807, 2.05) is 18.2 Å². The fourth-order valence-corrected chi connectivity index (χ4v) is 2.29. The second kappa shape index (κ2) is 4.89. The normalized spacial score (nSPS) is 14.1. The largest absolute Gasteiger partial charge is 0.326 e. The first-order valence-corrected chi connectivity index (χ1v) is 6.11. The lowest BCUT2D eigenvalue weighted by atomic mass is 10.2. The summed E-state index contributed by atoms with van der Waals surface area (Å²) in [5, 5.41) is 2.81. The Morgan fingerprint density at radius 1 is 1.50 bits per heavy atom. The van der Waals surface area contributed by atoms with E-state index in [2.05, 4.69) is 19.2 Å². The van der Waals surface area contributed by atoms with Gasteiger partial charge in [-0.1, -0.05) is 13.8 Å². The predicted molar refractivity (Wildman–Crippen MR) is 65.4 cm³/mol. The summed E-state index contributed by atoms with van der Waals surface area (Å²) in [5.41, 5.74) is 1.99. The van der Waals surface area contributed by atoms with E-state index in [0.29, 0.717) is 12.3 Å². The minimum atomic E-state index is 0.0697. The summed E-state index contributed by atoms with van der Waals surface area (Å²) in [6, 6.07) is 5.91. The molecule has 1 aliphatic rings. The van der Waals surface area contributed by atoms with Crippen LogP contribution in [0.1, 0.15) is 19.4 Å². The quantitative estimate of drug-likeness (QED) is 0.818. The van der Waals surface area contributed by atoms with Crippen LogP contribution in [0.15, 0.2) is 23.1 Å². The molecule has 0 fully saturated rings. The van der Waals surface area contributed by atoms with Gasteiger partial charge >= 0.3 is 0 Å². The van der Waals surface area contributed by atoms with E-state index in [4.69, 9.17) is 4.18 Å². The molecule has 1 aromatic rings. The first-order valence-electron chi connectivity index (χ1n) is 5.37. The molecule has 0 aliphatic carbocycles. The number of amides is 1. The van der Waals surface area contributed by atoms with Crippen LogP contribution < -0.4 is 5.32 Å². The minimum Gasteiger partial charge on any atom is -0.326 e. The Labute approximate surface area is 99.8 Å². The van der Waals surface area contributed by atoms with Crippen molar-refractivity contribution in [2.24, 2.45) is 5.92 Å². The topological polar surface area (TPSA) is 38.3 Å². The van der Waals surface area contributed by atoms with E-state index >= 15 is 0 Å². The Morgan fingerprint density at radius 3 is 3.06 bits per heavy atom. The molecular formula is C12H15NO2S. The van der Waals surface area contributed by atoms with Crippen molar-refractivity contribution in [1.82, 2.24) is 0 Å². The fourth-order valence-electron chi connectivity index (χ4n) is 1.50. The molecule has 0 radical (unpaired) electrons. The minimum absolute atomic E-state index is 0.0697. The zero-order valence-corrected chi connectivity index (χ0v) is 10.3. The Morgan fingerprint density at radius 2 is 2.31 bits per heavy atom. The number of nitrogens with one attached hydrogen (secondary N) is 1. The van der Waals surface area contributed by atoms with Gasteiger partial charge < -0.3 is 9.50 Å². The summed E-state index contributed by atoms with van der Waals surface area (Å²) in [5.74, 6) is 0.602. The molecule has 1 N–H and O–H groups in total. The summed E-state index contributed by atoms with van der Waals surface area (Å²) in [6.45, 7) is 4.97. The van der Waals surface area contributed by atoms with Crippen LogP contribution in [0, 0.1) is 5.92 Å². The number of anilines is 1. The molecule has 1 aromatic carbocycles. The number of hydrogen-bond acceptors (Lipinski definition) is 3. The lowest BCUT2D eigenvalue weighted by molar-refractivity contribution is -0.115. The second-order valence-corrected chi connectivity index (χ2v) is 5.18. The molecule has 4 heteroatoms. The first kappa shape index (κ1) is 11.5. The van der Waals surface area contributed by atoms with Gasteiger partial charge in [0.2, 0.25) is 5.91 Å². The number of carbonyl (C=O) groups is 1. The molecule has 2 rings (SSSR count). The Bertz CT molecular complexity index is 404. The fraction of sp³-hybridized carbons (Fsp3) is 0.417. The molecule has 0 atom stereocenters. The van der Waals surface area contributed by atoms with Crippen LogP contribution in [0.3, 0.4) is 0 Å². The van der Waals surface area contributed by atoms with E-state index in [1.165, 1.54) is 12.0 Å². The van der Waals surface area contributed by atoms with Gasteiger partial charge in [0.15, 0.2) is 0 Å². The lowest BCUT2D eigenvalue weighted by Crippen LogP contribution is -2.03. The third-order valence-electron chi connectivity index (χ3n) is 2.26. The van der Waals surface area contributed by atoms with Crippen molar-refractivity contribution in [3.8, 4) is 0 Å². The highest BCUT2D eigenvalue weighted by molar-refractivity contribution is 7.94. The Kier molecular flexibility index (Phi) is 3.51. The second-order valence-electron chi connectivity index (χ2n) is 4.31. The highest BCUT2D eigenvalue weighted by atomic mass is 32.2. The predicted octanol–water partition coefficient (Wildman–Crippen LogP) is 2.86. The molecule has 1 aliphatic heterocycles. The third-order valence-corrected chi connectivity index (χ3v) is 2.96. The molecule has 0 spiro atoms. The molecule has 0 saturated heterocycles. The van der Waals surface area contributed by atoms with Gasteiger partial charge in [0.05, 0.1) is 13.0 Å². The molecule has 0 unspecified atom stereocenters. The van der Waals surface area contributed by atoms with Crippen LogP contribution in [-0.4, -0.2) is 12.5 Å². The maximum Gasteiger partial charge on any atom is 0.228 e. The third kappa shape index (κ3) is 2.77. The van der Waals surface area contributed by atoms with Crippen LogP contribution in [0.4, 0.5) is 5.69 Å². The Balaban J connectivity index is 1.97. The Hall–Kier alpha value is -1.00. The first-order chi connectivity index (χ1) is 7.65. The average molecular weight is 237 g/mol. The van der Waals surface area contributed by atoms with Gasteiger partial charge in [0.25, 0.3) is 0 Å². The van der Waals surface area contributed by atoms with Gasteiger partial charge in [0, 0.05) is 22.6 Å². The van der Waals surface area contributed by atoms with E-state index < -0.39 is 0 Å². The van der Waals surface area contributed by atoms with E-state index in [0.717, 1.165) is 22.8 Å².